The maximum atomic E-state index is 12.8. The average Bonchev–Trinajstić information content (AvgIpc) is 3.24. The van der Waals surface area contributed by atoms with E-state index in [1.807, 2.05) is 33.3 Å². The number of nitrogens with one attached hydrogen (secondary N) is 1. The first-order chi connectivity index (χ1) is 30.5. The summed E-state index contributed by atoms with van der Waals surface area (Å²) in [5.74, 6) is -0.304. The Morgan fingerprint density at radius 1 is 0.556 bits per heavy atom. The standard InChI is InChI=1S/C54H99N2O6P/c1-6-8-10-12-14-16-18-20-22-23-24-25-26-27-28-29-30-31-32-34-35-37-39-41-43-45-47-53(57)52(51-62-63(59,60)61-50-49-56(3,4)5)55-54(58)48-46-44-42-40-38-36-33-21-19-17-15-13-11-9-7-2/h9,11,15,17,21,33,38,40,44-47,52-53,57H,6-8,10,12-14,16,18-20,22-32,34-37,39,41-43,48-51H2,1-5H3,(H-,55,58,59,60)/p+1/b11-9-,17-15-,33-21-,40-38-,46-44-,47-45+. The quantitative estimate of drug-likeness (QED) is 0.0243. The van der Waals surface area contributed by atoms with Crippen LogP contribution in [0.4, 0.5) is 0 Å². The number of allylic oxidation sites excluding steroid dienone is 10. The second-order valence-corrected chi connectivity index (χ2v) is 20.0. The zero-order valence-corrected chi connectivity index (χ0v) is 42.4. The first-order valence-corrected chi connectivity index (χ1v) is 27.3. The monoisotopic (exact) mass is 904 g/mol. The van der Waals surface area contributed by atoms with Crippen LogP contribution in [0.5, 0.6) is 0 Å². The molecular weight excluding hydrogens is 804 g/mol. The highest BCUT2D eigenvalue weighted by Gasteiger charge is 2.27. The summed E-state index contributed by atoms with van der Waals surface area (Å²) in [5, 5.41) is 13.8. The Balaban J connectivity index is 4.32. The third kappa shape index (κ3) is 47.7. The van der Waals surface area contributed by atoms with E-state index in [-0.39, 0.29) is 25.5 Å². The molecule has 0 aromatic carbocycles. The van der Waals surface area contributed by atoms with Crippen LogP contribution in [0.15, 0.2) is 72.9 Å². The van der Waals surface area contributed by atoms with Crippen molar-refractivity contribution >= 4 is 13.7 Å². The molecule has 0 radical (unpaired) electrons. The van der Waals surface area contributed by atoms with Crippen LogP contribution in [0.3, 0.4) is 0 Å². The van der Waals surface area contributed by atoms with Crippen molar-refractivity contribution in [2.24, 2.45) is 0 Å². The number of quaternary nitrogens is 1. The second-order valence-electron chi connectivity index (χ2n) is 18.5. The molecular formula is C54H100N2O6P+. The number of rotatable bonds is 46. The molecule has 1 amide bonds. The molecule has 3 N–H and O–H groups in total. The maximum absolute atomic E-state index is 12.8. The minimum Gasteiger partial charge on any atom is -0.387 e. The Morgan fingerprint density at radius 2 is 0.937 bits per heavy atom. The molecule has 3 unspecified atom stereocenters. The van der Waals surface area contributed by atoms with Crippen molar-refractivity contribution in [3.05, 3.63) is 72.9 Å². The number of phosphoric acid groups is 1. The Morgan fingerprint density at radius 3 is 1.33 bits per heavy atom. The van der Waals surface area contributed by atoms with Gasteiger partial charge in [0, 0.05) is 6.42 Å². The molecule has 0 spiro atoms. The summed E-state index contributed by atoms with van der Waals surface area (Å²) in [7, 11) is 1.51. The molecule has 0 aliphatic carbocycles. The number of likely N-dealkylation sites (N-methyl/N-ethyl adjacent to an activating group) is 1. The molecule has 0 rings (SSSR count). The third-order valence-corrected chi connectivity index (χ3v) is 12.2. The number of carbonyl (C=O) groups is 1. The summed E-state index contributed by atoms with van der Waals surface area (Å²) in [5.41, 5.74) is 0. The molecule has 0 aliphatic rings. The van der Waals surface area contributed by atoms with E-state index in [4.69, 9.17) is 9.05 Å². The van der Waals surface area contributed by atoms with Gasteiger partial charge in [-0.05, 0) is 44.9 Å². The van der Waals surface area contributed by atoms with Crippen molar-refractivity contribution in [1.29, 1.82) is 0 Å². The number of aliphatic hydroxyl groups excluding tert-OH is 1. The predicted octanol–water partition coefficient (Wildman–Crippen LogP) is 15.1. The molecule has 0 fully saturated rings. The molecule has 0 bridgehead atoms. The molecule has 9 heteroatoms. The Hall–Kier alpha value is -2.06. The van der Waals surface area contributed by atoms with Gasteiger partial charge in [0.1, 0.15) is 13.2 Å². The van der Waals surface area contributed by atoms with Crippen LogP contribution in [0.2, 0.25) is 0 Å². The van der Waals surface area contributed by atoms with Crippen LogP contribution in [0, 0.1) is 0 Å². The van der Waals surface area contributed by atoms with Gasteiger partial charge in [0.05, 0.1) is 39.9 Å². The number of amides is 1. The molecule has 0 heterocycles. The maximum Gasteiger partial charge on any atom is 0.472 e. The lowest BCUT2D eigenvalue weighted by molar-refractivity contribution is -0.870. The van der Waals surface area contributed by atoms with E-state index in [0.29, 0.717) is 17.4 Å². The van der Waals surface area contributed by atoms with Crippen LogP contribution in [-0.4, -0.2) is 73.4 Å². The molecule has 0 aromatic rings. The zero-order chi connectivity index (χ0) is 46.4. The van der Waals surface area contributed by atoms with Crippen molar-refractivity contribution in [3.63, 3.8) is 0 Å². The second kappa shape index (κ2) is 45.1. The average molecular weight is 904 g/mol. The highest BCUT2D eigenvalue weighted by Crippen LogP contribution is 2.43. The van der Waals surface area contributed by atoms with Crippen LogP contribution < -0.4 is 5.32 Å². The summed E-state index contributed by atoms with van der Waals surface area (Å²) in [6.07, 6.45) is 61.7. The third-order valence-electron chi connectivity index (χ3n) is 11.2. The van der Waals surface area contributed by atoms with E-state index < -0.39 is 20.0 Å². The van der Waals surface area contributed by atoms with E-state index in [1.165, 1.54) is 141 Å². The number of hydrogen-bond acceptors (Lipinski definition) is 5. The minimum atomic E-state index is -4.37. The number of phosphoric ester groups is 1. The fourth-order valence-corrected chi connectivity index (χ4v) is 7.90. The number of aliphatic hydroxyl groups is 1. The molecule has 366 valence electrons. The summed E-state index contributed by atoms with van der Waals surface area (Å²) in [6.45, 7) is 4.63. The Bertz CT molecular complexity index is 1250. The molecule has 0 aliphatic heterocycles. The SMILES string of the molecule is CC/C=C\C/C=C\C/C=C\C/C=C\C/C=C\CC(=O)NC(COP(=O)(O)OCC[N+](C)(C)C)C(O)/C=C/CCCCCCCCCCCCCCCCCCCCCCCCCC. The van der Waals surface area contributed by atoms with Gasteiger partial charge in [-0.15, -0.1) is 0 Å². The van der Waals surface area contributed by atoms with E-state index in [2.05, 4.69) is 67.8 Å². The summed E-state index contributed by atoms with van der Waals surface area (Å²) in [6, 6.07) is -0.904. The highest BCUT2D eigenvalue weighted by molar-refractivity contribution is 7.47. The fraction of sp³-hybridized carbons (Fsp3) is 0.759. The molecule has 0 aromatic heterocycles. The van der Waals surface area contributed by atoms with Crippen molar-refractivity contribution in [2.45, 2.75) is 225 Å². The largest absolute Gasteiger partial charge is 0.472 e. The Labute approximate surface area is 389 Å². The molecule has 0 saturated carbocycles. The predicted molar refractivity (Wildman–Crippen MR) is 272 cm³/mol. The van der Waals surface area contributed by atoms with Gasteiger partial charge in [0.2, 0.25) is 5.91 Å². The number of carbonyl (C=O) groups excluding carboxylic acids is 1. The van der Waals surface area contributed by atoms with Gasteiger partial charge in [0.15, 0.2) is 0 Å². The number of nitrogens with zero attached hydrogens (tertiary/aromatic N) is 1. The van der Waals surface area contributed by atoms with Crippen LogP contribution in [0.25, 0.3) is 0 Å². The Kier molecular flexibility index (Phi) is 43.6. The van der Waals surface area contributed by atoms with Crippen molar-refractivity contribution in [1.82, 2.24) is 5.32 Å². The lowest BCUT2D eigenvalue weighted by Crippen LogP contribution is -2.45. The topological polar surface area (TPSA) is 105 Å². The highest BCUT2D eigenvalue weighted by atomic mass is 31.2. The van der Waals surface area contributed by atoms with E-state index in [1.54, 1.807) is 12.2 Å². The molecule has 0 saturated heterocycles. The first-order valence-electron chi connectivity index (χ1n) is 25.8. The van der Waals surface area contributed by atoms with Gasteiger partial charge in [-0.2, -0.15) is 0 Å². The fourth-order valence-electron chi connectivity index (χ4n) is 7.17. The summed E-state index contributed by atoms with van der Waals surface area (Å²) in [4.78, 5) is 23.1. The first kappa shape index (κ1) is 60.9. The van der Waals surface area contributed by atoms with Gasteiger partial charge < -0.3 is 19.8 Å². The smallest absolute Gasteiger partial charge is 0.387 e. The van der Waals surface area contributed by atoms with Crippen molar-refractivity contribution < 1.29 is 32.9 Å². The van der Waals surface area contributed by atoms with E-state index in [9.17, 15) is 19.4 Å². The molecule has 8 nitrogen and oxygen atoms in total. The van der Waals surface area contributed by atoms with Crippen LogP contribution in [-0.2, 0) is 18.4 Å². The van der Waals surface area contributed by atoms with Gasteiger partial charge in [0.25, 0.3) is 0 Å². The summed E-state index contributed by atoms with van der Waals surface area (Å²) >= 11 is 0. The number of hydrogen-bond donors (Lipinski definition) is 3. The van der Waals surface area contributed by atoms with Gasteiger partial charge in [-0.1, -0.05) is 234 Å². The van der Waals surface area contributed by atoms with E-state index >= 15 is 0 Å². The van der Waals surface area contributed by atoms with E-state index in [0.717, 1.165) is 44.9 Å². The number of unbranched alkanes of at least 4 members (excludes halogenated alkanes) is 24. The molecule has 3 atom stereocenters. The minimum absolute atomic E-state index is 0.0421. The zero-order valence-electron chi connectivity index (χ0n) is 41.5. The van der Waals surface area contributed by atoms with Crippen LogP contribution >= 0.6 is 7.82 Å². The molecule has 63 heavy (non-hydrogen) atoms. The van der Waals surface area contributed by atoms with Gasteiger partial charge >= 0.3 is 7.82 Å². The van der Waals surface area contributed by atoms with Gasteiger partial charge in [-0.3, -0.25) is 13.8 Å². The van der Waals surface area contributed by atoms with Crippen LogP contribution in [0.1, 0.15) is 213 Å². The summed E-state index contributed by atoms with van der Waals surface area (Å²) < 4.78 is 23.6. The van der Waals surface area contributed by atoms with Crippen molar-refractivity contribution in [3.8, 4) is 0 Å². The normalized spacial score (nSPS) is 14.7. The lowest BCUT2D eigenvalue weighted by atomic mass is 10.0. The van der Waals surface area contributed by atoms with Gasteiger partial charge in [-0.25, -0.2) is 4.57 Å². The van der Waals surface area contributed by atoms with Crippen molar-refractivity contribution in [2.75, 3.05) is 40.9 Å². The lowest BCUT2D eigenvalue weighted by Gasteiger charge is -2.25.